The molecule has 1 aromatic rings. The van der Waals surface area contributed by atoms with Crippen molar-refractivity contribution in [1.82, 2.24) is 9.55 Å². The molecular weight excluding hydrogens is 140 g/mol. The van der Waals surface area contributed by atoms with Crippen molar-refractivity contribution in [3.05, 3.63) is 18.2 Å². The zero-order valence-corrected chi connectivity index (χ0v) is 6.82. The molecule has 0 amide bonds. The number of aryl methyl sites for hydroxylation is 1. The highest BCUT2D eigenvalue weighted by Gasteiger charge is 1.97. The highest BCUT2D eigenvalue weighted by molar-refractivity contribution is 4.95. The number of nitrogens with zero attached hydrogens (tertiary/aromatic N) is 2. The summed E-state index contributed by atoms with van der Waals surface area (Å²) in [5.74, 6) is 0. The van der Waals surface area contributed by atoms with E-state index < -0.39 is 0 Å². The van der Waals surface area contributed by atoms with Crippen molar-refractivity contribution in [3.63, 3.8) is 0 Å². The Morgan fingerprint density at radius 3 is 3.09 bits per heavy atom. The molecule has 62 valence electrons. The molecule has 0 atom stereocenters. The molecule has 0 unspecified atom stereocenters. The lowest BCUT2D eigenvalue weighted by atomic mass is 10.3. The fourth-order valence-corrected chi connectivity index (χ4v) is 1.01. The van der Waals surface area contributed by atoms with Crippen LogP contribution in [-0.4, -0.2) is 14.7 Å². The molecule has 1 rings (SSSR count). The van der Waals surface area contributed by atoms with Gasteiger partial charge in [-0.1, -0.05) is 13.3 Å². The van der Waals surface area contributed by atoms with Crippen LogP contribution in [0.15, 0.2) is 12.5 Å². The summed E-state index contributed by atoms with van der Waals surface area (Å²) in [4.78, 5) is 3.95. The quantitative estimate of drug-likeness (QED) is 0.707. The van der Waals surface area contributed by atoms with Crippen molar-refractivity contribution in [2.75, 3.05) is 0 Å². The molecule has 0 aromatic carbocycles. The summed E-state index contributed by atoms with van der Waals surface area (Å²) >= 11 is 0. The van der Waals surface area contributed by atoms with Gasteiger partial charge >= 0.3 is 0 Å². The van der Waals surface area contributed by atoms with Crippen LogP contribution >= 0.6 is 0 Å². The molecule has 11 heavy (non-hydrogen) atoms. The van der Waals surface area contributed by atoms with Gasteiger partial charge in [0.25, 0.3) is 0 Å². The topological polar surface area (TPSA) is 38.0 Å². The lowest BCUT2D eigenvalue weighted by molar-refractivity contribution is 0.270. The molecule has 1 heterocycles. The van der Waals surface area contributed by atoms with Crippen molar-refractivity contribution < 1.29 is 5.11 Å². The molecular formula is C8H14N2O. The zero-order chi connectivity index (χ0) is 8.10. The van der Waals surface area contributed by atoms with Gasteiger partial charge in [-0.2, -0.15) is 0 Å². The maximum absolute atomic E-state index is 8.85. The summed E-state index contributed by atoms with van der Waals surface area (Å²) in [5, 5.41) is 8.85. The zero-order valence-electron chi connectivity index (χ0n) is 6.82. The van der Waals surface area contributed by atoms with Gasteiger partial charge in [0.1, 0.15) is 0 Å². The number of hydrogen-bond donors (Lipinski definition) is 1. The Hall–Kier alpha value is -0.830. The predicted molar refractivity (Wildman–Crippen MR) is 43.1 cm³/mol. The van der Waals surface area contributed by atoms with E-state index in [1.165, 1.54) is 6.42 Å². The summed E-state index contributed by atoms with van der Waals surface area (Å²) in [6, 6.07) is 0. The molecule has 0 saturated carbocycles. The number of aliphatic hydroxyl groups is 1. The standard InChI is InChI=1S/C8H14N2O/c1-2-3-4-10-7-9-5-8(10)6-11/h5,7,11H,2-4,6H2,1H3. The fourth-order valence-electron chi connectivity index (χ4n) is 1.01. The second-order valence-corrected chi connectivity index (χ2v) is 2.59. The Kier molecular flexibility index (Phi) is 3.11. The minimum Gasteiger partial charge on any atom is -0.390 e. The molecule has 0 aliphatic rings. The van der Waals surface area contributed by atoms with E-state index >= 15 is 0 Å². The second-order valence-electron chi connectivity index (χ2n) is 2.59. The van der Waals surface area contributed by atoms with Crippen molar-refractivity contribution in [1.29, 1.82) is 0 Å². The normalized spacial score (nSPS) is 10.4. The summed E-state index contributed by atoms with van der Waals surface area (Å²) in [5.41, 5.74) is 0.901. The van der Waals surface area contributed by atoms with Crippen LogP contribution in [0.1, 0.15) is 25.5 Å². The van der Waals surface area contributed by atoms with Gasteiger partial charge in [-0.05, 0) is 6.42 Å². The average molecular weight is 154 g/mol. The SMILES string of the molecule is CCCCn1cncc1CO. The number of rotatable bonds is 4. The Morgan fingerprint density at radius 1 is 1.64 bits per heavy atom. The molecule has 0 saturated heterocycles. The van der Waals surface area contributed by atoms with Gasteiger partial charge in [-0.3, -0.25) is 0 Å². The van der Waals surface area contributed by atoms with E-state index in [1.807, 2.05) is 4.57 Å². The molecule has 0 bridgehead atoms. The molecule has 1 N–H and O–H groups in total. The molecule has 0 fully saturated rings. The van der Waals surface area contributed by atoms with E-state index in [4.69, 9.17) is 5.11 Å². The van der Waals surface area contributed by atoms with Crippen LogP contribution in [0.3, 0.4) is 0 Å². The van der Waals surface area contributed by atoms with Crippen LogP contribution in [0, 0.1) is 0 Å². The van der Waals surface area contributed by atoms with Crippen LogP contribution in [0.4, 0.5) is 0 Å². The number of aromatic nitrogens is 2. The fraction of sp³-hybridized carbons (Fsp3) is 0.625. The molecule has 0 aliphatic carbocycles. The molecule has 3 nitrogen and oxygen atoms in total. The molecule has 0 spiro atoms. The van der Waals surface area contributed by atoms with E-state index in [1.54, 1.807) is 12.5 Å². The molecule has 1 aromatic heterocycles. The molecule has 0 radical (unpaired) electrons. The van der Waals surface area contributed by atoms with Crippen molar-refractivity contribution in [2.24, 2.45) is 0 Å². The summed E-state index contributed by atoms with van der Waals surface area (Å²) < 4.78 is 1.99. The lowest BCUT2D eigenvalue weighted by Crippen LogP contribution is -2.00. The van der Waals surface area contributed by atoms with Gasteiger partial charge in [0.05, 0.1) is 24.8 Å². The van der Waals surface area contributed by atoms with Gasteiger partial charge in [0.2, 0.25) is 0 Å². The Labute approximate surface area is 66.7 Å². The van der Waals surface area contributed by atoms with Crippen molar-refractivity contribution in [2.45, 2.75) is 32.9 Å². The van der Waals surface area contributed by atoms with E-state index in [0.717, 1.165) is 18.7 Å². The van der Waals surface area contributed by atoms with Gasteiger partial charge in [0.15, 0.2) is 0 Å². The van der Waals surface area contributed by atoms with E-state index in [0.29, 0.717) is 0 Å². The monoisotopic (exact) mass is 154 g/mol. The van der Waals surface area contributed by atoms with Gasteiger partial charge in [0, 0.05) is 6.54 Å². The van der Waals surface area contributed by atoms with Crippen molar-refractivity contribution >= 4 is 0 Å². The van der Waals surface area contributed by atoms with Crippen molar-refractivity contribution in [3.8, 4) is 0 Å². The van der Waals surface area contributed by atoms with E-state index in [2.05, 4.69) is 11.9 Å². The minimum absolute atomic E-state index is 0.0870. The highest BCUT2D eigenvalue weighted by atomic mass is 16.3. The first-order valence-electron chi connectivity index (χ1n) is 3.98. The van der Waals surface area contributed by atoms with Gasteiger partial charge < -0.3 is 9.67 Å². The number of imidazole rings is 1. The lowest BCUT2D eigenvalue weighted by Gasteiger charge is -2.03. The van der Waals surface area contributed by atoms with Crippen LogP contribution < -0.4 is 0 Å². The Bertz CT molecular complexity index is 208. The third-order valence-electron chi connectivity index (χ3n) is 1.71. The number of aliphatic hydroxyl groups excluding tert-OH is 1. The predicted octanol–water partition coefficient (Wildman–Crippen LogP) is 1.18. The van der Waals surface area contributed by atoms with E-state index in [9.17, 15) is 0 Å². The number of unbranched alkanes of at least 4 members (excludes halogenated alkanes) is 1. The first-order chi connectivity index (χ1) is 5.38. The minimum atomic E-state index is 0.0870. The van der Waals surface area contributed by atoms with Crippen LogP contribution in [0.2, 0.25) is 0 Å². The van der Waals surface area contributed by atoms with Crippen LogP contribution in [0.25, 0.3) is 0 Å². The Morgan fingerprint density at radius 2 is 2.45 bits per heavy atom. The third-order valence-corrected chi connectivity index (χ3v) is 1.71. The summed E-state index contributed by atoms with van der Waals surface area (Å²) in [7, 11) is 0. The van der Waals surface area contributed by atoms with Crippen LogP contribution in [-0.2, 0) is 13.2 Å². The first kappa shape index (κ1) is 8.27. The summed E-state index contributed by atoms with van der Waals surface area (Å²) in [6.07, 6.45) is 5.78. The molecule has 0 aliphatic heterocycles. The smallest absolute Gasteiger partial charge is 0.0948 e. The maximum atomic E-state index is 8.85. The van der Waals surface area contributed by atoms with Gasteiger partial charge in [-0.15, -0.1) is 0 Å². The largest absolute Gasteiger partial charge is 0.390 e. The molecule has 3 heteroatoms. The second kappa shape index (κ2) is 4.13. The summed E-state index contributed by atoms with van der Waals surface area (Å²) in [6.45, 7) is 3.20. The maximum Gasteiger partial charge on any atom is 0.0948 e. The highest BCUT2D eigenvalue weighted by Crippen LogP contribution is 2.01. The van der Waals surface area contributed by atoms with Gasteiger partial charge in [-0.25, -0.2) is 4.98 Å². The Balaban J connectivity index is 2.54. The first-order valence-corrected chi connectivity index (χ1v) is 3.98. The third kappa shape index (κ3) is 2.05. The van der Waals surface area contributed by atoms with Crippen LogP contribution in [0.5, 0.6) is 0 Å². The average Bonchev–Trinajstić information content (AvgIpc) is 2.47. The number of hydrogen-bond acceptors (Lipinski definition) is 2. The van der Waals surface area contributed by atoms with E-state index in [-0.39, 0.29) is 6.61 Å².